The largest absolute Gasteiger partial charge is 0.309 e. The van der Waals surface area contributed by atoms with E-state index < -0.39 is 0 Å². The molecule has 8 aromatic heterocycles. The lowest BCUT2D eigenvalue weighted by Gasteiger charge is -2.14. The number of benzene rings is 12. The molecule has 0 N–H and O–H groups in total. The molecule has 100 heavy (non-hydrogen) atoms. The van der Waals surface area contributed by atoms with Gasteiger partial charge in [-0.2, -0.15) is 0 Å². The molecule has 0 radical (unpaired) electrons. The van der Waals surface area contributed by atoms with Crippen molar-refractivity contribution in [3.05, 3.63) is 329 Å². The maximum atomic E-state index is 4.69. The van der Waals surface area contributed by atoms with Crippen molar-refractivity contribution in [3.63, 3.8) is 0 Å². The van der Waals surface area contributed by atoms with Gasteiger partial charge in [-0.25, -0.2) is 39.9 Å². The standard InChI is InChI=1S/C88H54N12/c1-2-14-55(15-3-1)62-44-63(56-24-32-65(33-25-56)97-77-20-8-4-16-69(77)73-47-58(28-36-81(73)97)60-30-38-83-75(49-60)71-18-6-10-22-79(71)99(83)67-51-93-87(94-52-67)85-89-40-12-41-90-85)46-64(45-62)57-26-34-66(35-27-57)98-78-21-9-5-17-70(78)74-48-59(29-37-82(74)98)61-31-39-84-76(50-61)72-19-7-11-23-80(72)100(84)68-53-95-88(96-54-68)86-91-42-13-43-92-86/h1-54H. The van der Waals surface area contributed by atoms with Crippen LogP contribution in [-0.4, -0.2) is 58.1 Å². The van der Waals surface area contributed by atoms with E-state index in [0.717, 1.165) is 138 Å². The molecule has 0 saturated heterocycles. The van der Waals surface area contributed by atoms with E-state index >= 15 is 0 Å². The van der Waals surface area contributed by atoms with Crippen LogP contribution in [-0.2, 0) is 0 Å². The molecule has 0 aliphatic carbocycles. The van der Waals surface area contributed by atoms with E-state index in [-0.39, 0.29) is 0 Å². The summed E-state index contributed by atoms with van der Waals surface area (Å²) in [7, 11) is 0. The van der Waals surface area contributed by atoms with Crippen molar-refractivity contribution in [3.8, 4) is 102 Å². The normalized spacial score (nSPS) is 11.8. The van der Waals surface area contributed by atoms with Crippen LogP contribution < -0.4 is 0 Å². The molecular weight excluding hydrogens is 1230 g/mol. The summed E-state index contributed by atoms with van der Waals surface area (Å²) in [5, 5.41) is 9.41. The fourth-order valence-corrected chi connectivity index (χ4v) is 15.0. The Kier molecular flexibility index (Phi) is 13.0. The van der Waals surface area contributed by atoms with Crippen LogP contribution in [0.3, 0.4) is 0 Å². The first-order valence-corrected chi connectivity index (χ1v) is 33.3. The number of para-hydroxylation sites is 4. The Morgan fingerprint density at radius 3 is 0.730 bits per heavy atom. The van der Waals surface area contributed by atoms with Gasteiger partial charge in [-0.15, -0.1) is 0 Å². The molecule has 466 valence electrons. The fourth-order valence-electron chi connectivity index (χ4n) is 15.0. The zero-order chi connectivity index (χ0) is 65.8. The minimum Gasteiger partial charge on any atom is -0.309 e. The molecule has 0 bridgehead atoms. The van der Waals surface area contributed by atoms with Gasteiger partial charge in [0.25, 0.3) is 0 Å². The van der Waals surface area contributed by atoms with E-state index in [4.69, 9.17) is 0 Å². The van der Waals surface area contributed by atoms with Gasteiger partial charge in [-0.1, -0.05) is 152 Å². The highest BCUT2D eigenvalue weighted by Gasteiger charge is 2.21. The minimum atomic E-state index is 0.485. The van der Waals surface area contributed by atoms with E-state index in [2.05, 4.69) is 325 Å². The van der Waals surface area contributed by atoms with Crippen molar-refractivity contribution in [1.29, 1.82) is 0 Å². The average Bonchev–Trinajstić information content (AvgIpc) is 1.59. The lowest BCUT2D eigenvalue weighted by atomic mass is 9.93. The predicted octanol–water partition coefficient (Wildman–Crippen LogP) is 20.9. The second kappa shape index (κ2) is 22.9. The number of hydrogen-bond acceptors (Lipinski definition) is 8. The molecule has 12 nitrogen and oxygen atoms in total. The Hall–Kier alpha value is -13.8. The second-order valence-corrected chi connectivity index (χ2v) is 25.3. The van der Waals surface area contributed by atoms with Crippen LogP contribution >= 0.6 is 0 Å². The summed E-state index contributed by atoms with van der Waals surface area (Å²) in [4.78, 5) is 36.2. The van der Waals surface area contributed by atoms with E-state index in [0.29, 0.717) is 23.3 Å². The fraction of sp³-hybridized carbons (Fsp3) is 0. The second-order valence-electron chi connectivity index (χ2n) is 25.3. The molecule has 0 aliphatic heterocycles. The molecule has 0 amide bonds. The summed E-state index contributed by atoms with van der Waals surface area (Å²) in [6.45, 7) is 0. The molecule has 0 atom stereocenters. The summed E-state index contributed by atoms with van der Waals surface area (Å²) >= 11 is 0. The van der Waals surface area contributed by atoms with Gasteiger partial charge < -0.3 is 18.3 Å². The van der Waals surface area contributed by atoms with Gasteiger partial charge in [-0.3, -0.25) is 0 Å². The predicted molar refractivity (Wildman–Crippen MR) is 404 cm³/mol. The van der Waals surface area contributed by atoms with E-state index in [1.165, 1.54) is 27.1 Å². The molecule has 8 heterocycles. The van der Waals surface area contributed by atoms with Crippen LogP contribution in [0.1, 0.15) is 0 Å². The van der Waals surface area contributed by atoms with Gasteiger partial charge in [0.15, 0.2) is 23.3 Å². The molecule has 20 rings (SSSR count). The maximum Gasteiger partial charge on any atom is 0.197 e. The molecule has 12 aromatic carbocycles. The van der Waals surface area contributed by atoms with Crippen LogP contribution in [0.15, 0.2) is 329 Å². The number of aromatic nitrogens is 12. The van der Waals surface area contributed by atoms with Crippen LogP contribution in [0, 0.1) is 0 Å². The Labute approximate surface area is 572 Å². The topological polar surface area (TPSA) is 123 Å². The van der Waals surface area contributed by atoms with Crippen molar-refractivity contribution in [2.24, 2.45) is 0 Å². The quantitative estimate of drug-likeness (QED) is 0.125. The van der Waals surface area contributed by atoms with Gasteiger partial charge in [0.2, 0.25) is 0 Å². The van der Waals surface area contributed by atoms with Gasteiger partial charge >= 0.3 is 0 Å². The van der Waals surface area contributed by atoms with Gasteiger partial charge in [-0.05, 0) is 183 Å². The Balaban J connectivity index is 0.615. The third-order valence-electron chi connectivity index (χ3n) is 19.6. The first kappa shape index (κ1) is 56.5. The van der Waals surface area contributed by atoms with Crippen LogP contribution in [0.2, 0.25) is 0 Å². The Bertz CT molecular complexity index is 6220. The number of rotatable bonds is 11. The van der Waals surface area contributed by atoms with Gasteiger partial charge in [0.1, 0.15) is 0 Å². The molecule has 0 fully saturated rings. The monoisotopic (exact) mass is 1280 g/mol. The molecule has 0 saturated carbocycles. The summed E-state index contributed by atoms with van der Waals surface area (Å²) < 4.78 is 9.27. The third-order valence-corrected chi connectivity index (χ3v) is 19.6. The van der Waals surface area contributed by atoms with E-state index in [1.54, 1.807) is 36.9 Å². The highest BCUT2D eigenvalue weighted by molar-refractivity contribution is 6.15. The molecule has 20 aromatic rings. The van der Waals surface area contributed by atoms with Gasteiger partial charge in [0, 0.05) is 79.3 Å². The molecule has 12 heteroatoms. The minimum absolute atomic E-state index is 0.485. The smallest absolute Gasteiger partial charge is 0.197 e. The summed E-state index contributed by atoms with van der Waals surface area (Å²) in [6.07, 6.45) is 14.2. The molecule has 0 spiro atoms. The van der Waals surface area contributed by atoms with E-state index in [9.17, 15) is 0 Å². The lowest BCUT2D eigenvalue weighted by molar-refractivity contribution is 1.04. The number of hydrogen-bond donors (Lipinski definition) is 0. The zero-order valence-corrected chi connectivity index (χ0v) is 53.5. The molecular formula is C88H54N12. The lowest BCUT2D eigenvalue weighted by Crippen LogP contribution is -1.99. The SMILES string of the molecule is c1ccc(-c2cc(-c3ccc(-n4c5ccccc5c5cc(-c6ccc7c(c6)c6ccccc6n7-c6cnc(-c7ncccn7)nc6)ccc54)cc3)cc(-c3ccc(-n4c5ccccc5c5cc(-c6ccc7c(c6)c6ccccc6n7-c6cnc(-c7ncccn7)nc6)ccc54)cc3)c2)cc1. The third kappa shape index (κ3) is 9.30. The van der Waals surface area contributed by atoms with Crippen LogP contribution in [0.25, 0.3) is 189 Å². The summed E-state index contributed by atoms with van der Waals surface area (Å²) in [6, 6.07) is 101. The molecule has 0 aliphatic rings. The number of nitrogens with zero attached hydrogens (tertiary/aromatic N) is 12. The summed E-state index contributed by atoms with van der Waals surface area (Å²) in [5.41, 5.74) is 24.3. The highest BCUT2D eigenvalue weighted by atomic mass is 15.1. The summed E-state index contributed by atoms with van der Waals surface area (Å²) in [5.74, 6) is 1.96. The van der Waals surface area contributed by atoms with Crippen molar-refractivity contribution in [2.45, 2.75) is 0 Å². The van der Waals surface area contributed by atoms with Crippen molar-refractivity contribution < 1.29 is 0 Å². The number of fused-ring (bicyclic) bond motifs is 12. The van der Waals surface area contributed by atoms with Crippen molar-refractivity contribution >= 4 is 87.2 Å². The highest BCUT2D eigenvalue weighted by Crippen LogP contribution is 2.43. The zero-order valence-electron chi connectivity index (χ0n) is 53.5. The van der Waals surface area contributed by atoms with E-state index in [1.807, 2.05) is 24.8 Å². The Morgan fingerprint density at radius 2 is 0.410 bits per heavy atom. The average molecular weight is 1280 g/mol. The van der Waals surface area contributed by atoms with Crippen LogP contribution in [0.5, 0.6) is 0 Å². The maximum absolute atomic E-state index is 4.69. The Morgan fingerprint density at radius 1 is 0.160 bits per heavy atom. The van der Waals surface area contributed by atoms with Crippen LogP contribution in [0.4, 0.5) is 0 Å². The first-order chi connectivity index (χ1) is 49.6. The van der Waals surface area contributed by atoms with Gasteiger partial charge in [0.05, 0.1) is 80.3 Å². The van der Waals surface area contributed by atoms with Crippen molar-refractivity contribution in [2.75, 3.05) is 0 Å². The van der Waals surface area contributed by atoms with Crippen molar-refractivity contribution in [1.82, 2.24) is 58.1 Å². The first-order valence-electron chi connectivity index (χ1n) is 33.3. The molecule has 0 unspecified atom stereocenters.